The molecular formula is C19H29N5S. The van der Waals surface area contributed by atoms with Gasteiger partial charge >= 0.3 is 0 Å². The molecule has 0 atom stereocenters. The van der Waals surface area contributed by atoms with Gasteiger partial charge in [0.25, 0.3) is 0 Å². The van der Waals surface area contributed by atoms with Crippen molar-refractivity contribution in [1.82, 2.24) is 19.4 Å². The van der Waals surface area contributed by atoms with E-state index in [1.807, 2.05) is 35.0 Å². The van der Waals surface area contributed by atoms with E-state index in [0.29, 0.717) is 0 Å². The highest BCUT2D eigenvalue weighted by Gasteiger charge is 2.13. The fourth-order valence-electron chi connectivity index (χ4n) is 3.21. The van der Waals surface area contributed by atoms with Crippen LogP contribution in [0, 0.1) is 0 Å². The van der Waals surface area contributed by atoms with Crippen LogP contribution in [-0.4, -0.2) is 70.9 Å². The molecule has 0 radical (unpaired) electrons. The molecule has 0 saturated carbocycles. The van der Waals surface area contributed by atoms with E-state index in [-0.39, 0.29) is 0 Å². The molecule has 5 nitrogen and oxygen atoms in total. The third kappa shape index (κ3) is 5.85. The van der Waals surface area contributed by atoms with E-state index < -0.39 is 0 Å². The van der Waals surface area contributed by atoms with Crippen molar-refractivity contribution in [2.75, 3.05) is 51.6 Å². The highest BCUT2D eigenvalue weighted by molar-refractivity contribution is 7.98. The molecule has 25 heavy (non-hydrogen) atoms. The Bertz CT molecular complexity index is 599. The normalized spacial score (nSPS) is 16.8. The van der Waals surface area contributed by atoms with Crippen molar-refractivity contribution in [1.29, 1.82) is 0 Å². The van der Waals surface area contributed by atoms with Gasteiger partial charge in [-0.1, -0.05) is 12.1 Å². The maximum atomic E-state index is 5.67. The first-order valence-corrected chi connectivity index (χ1v) is 10.3. The fourth-order valence-corrected chi connectivity index (χ4v) is 4.17. The van der Waals surface area contributed by atoms with Crippen LogP contribution in [0.25, 0.3) is 5.69 Å². The van der Waals surface area contributed by atoms with Crippen LogP contribution in [0.4, 0.5) is 0 Å². The molecule has 136 valence electrons. The molecule has 1 aliphatic rings. The first-order valence-electron chi connectivity index (χ1n) is 9.15. The van der Waals surface area contributed by atoms with E-state index in [4.69, 9.17) is 5.73 Å². The van der Waals surface area contributed by atoms with Gasteiger partial charge < -0.3 is 20.1 Å². The lowest BCUT2D eigenvalue weighted by atomic mass is 10.2. The maximum Gasteiger partial charge on any atom is 0.0991 e. The molecule has 0 bridgehead atoms. The van der Waals surface area contributed by atoms with Crippen molar-refractivity contribution in [3.63, 3.8) is 0 Å². The van der Waals surface area contributed by atoms with Gasteiger partial charge in [-0.15, -0.1) is 0 Å². The van der Waals surface area contributed by atoms with Crippen LogP contribution in [0.3, 0.4) is 0 Å². The monoisotopic (exact) mass is 359 g/mol. The average molecular weight is 360 g/mol. The molecule has 1 aliphatic heterocycles. The van der Waals surface area contributed by atoms with E-state index >= 15 is 0 Å². The third-order valence-electron chi connectivity index (χ3n) is 4.69. The minimum absolute atomic E-state index is 0.773. The summed E-state index contributed by atoms with van der Waals surface area (Å²) in [6, 6.07) is 8.77. The molecular weight excluding hydrogens is 330 g/mol. The van der Waals surface area contributed by atoms with Gasteiger partial charge in [-0.05, 0) is 37.2 Å². The molecule has 0 spiro atoms. The van der Waals surface area contributed by atoms with Crippen LogP contribution >= 0.6 is 11.8 Å². The van der Waals surface area contributed by atoms with Crippen molar-refractivity contribution in [2.45, 2.75) is 12.2 Å². The van der Waals surface area contributed by atoms with Gasteiger partial charge in [0.05, 0.1) is 6.33 Å². The SMILES string of the molecule is NCCN1CCCN(CCSCc2ccc(-n3ccnc3)cc2)CC1. The maximum absolute atomic E-state index is 5.67. The highest BCUT2D eigenvalue weighted by atomic mass is 32.2. The fraction of sp³-hybridized carbons (Fsp3) is 0.526. The van der Waals surface area contributed by atoms with Gasteiger partial charge in [0.2, 0.25) is 0 Å². The minimum atomic E-state index is 0.773. The summed E-state index contributed by atoms with van der Waals surface area (Å²) in [5.74, 6) is 2.28. The lowest BCUT2D eigenvalue weighted by molar-refractivity contribution is 0.269. The molecule has 3 rings (SSSR count). The Kier molecular flexibility index (Phi) is 7.36. The average Bonchev–Trinajstić information content (AvgIpc) is 3.08. The summed E-state index contributed by atoms with van der Waals surface area (Å²) >= 11 is 2.03. The van der Waals surface area contributed by atoms with Crippen LogP contribution < -0.4 is 5.73 Å². The number of aromatic nitrogens is 2. The molecule has 6 heteroatoms. The number of rotatable bonds is 8. The zero-order valence-electron chi connectivity index (χ0n) is 14.9. The molecule has 2 aromatic rings. The number of thioether (sulfide) groups is 1. The van der Waals surface area contributed by atoms with Crippen LogP contribution in [-0.2, 0) is 5.75 Å². The summed E-state index contributed by atoms with van der Waals surface area (Å²) in [5, 5.41) is 0. The Hall–Kier alpha value is -1.34. The molecule has 1 aromatic carbocycles. The lowest BCUT2D eigenvalue weighted by Gasteiger charge is -2.21. The van der Waals surface area contributed by atoms with Crippen molar-refractivity contribution < 1.29 is 0 Å². The van der Waals surface area contributed by atoms with E-state index in [0.717, 1.165) is 31.1 Å². The van der Waals surface area contributed by atoms with Crippen molar-refractivity contribution in [2.24, 2.45) is 5.73 Å². The molecule has 1 aromatic heterocycles. The quantitative estimate of drug-likeness (QED) is 0.731. The number of nitrogens with two attached hydrogens (primary N) is 1. The Balaban J connectivity index is 1.36. The first-order chi connectivity index (χ1) is 12.3. The number of imidazole rings is 1. The van der Waals surface area contributed by atoms with Crippen molar-refractivity contribution in [3.05, 3.63) is 48.5 Å². The van der Waals surface area contributed by atoms with Crippen LogP contribution in [0.15, 0.2) is 43.0 Å². The molecule has 2 N–H and O–H groups in total. The number of hydrogen-bond acceptors (Lipinski definition) is 5. The second-order valence-electron chi connectivity index (χ2n) is 6.51. The van der Waals surface area contributed by atoms with Crippen LogP contribution in [0.2, 0.25) is 0 Å². The predicted octanol–water partition coefficient (Wildman–Crippen LogP) is 2.07. The summed E-state index contributed by atoms with van der Waals surface area (Å²) < 4.78 is 2.03. The molecule has 0 amide bonds. The number of benzene rings is 1. The van der Waals surface area contributed by atoms with Crippen LogP contribution in [0.1, 0.15) is 12.0 Å². The van der Waals surface area contributed by atoms with Crippen LogP contribution in [0.5, 0.6) is 0 Å². The molecule has 1 saturated heterocycles. The van der Waals surface area contributed by atoms with Gasteiger partial charge in [0.1, 0.15) is 0 Å². The summed E-state index contributed by atoms with van der Waals surface area (Å²) in [6.07, 6.45) is 6.88. The molecule has 0 unspecified atom stereocenters. The van der Waals surface area contributed by atoms with Gasteiger partial charge in [-0.3, -0.25) is 0 Å². The molecule has 0 aliphatic carbocycles. The Morgan fingerprint density at radius 2 is 1.76 bits per heavy atom. The minimum Gasteiger partial charge on any atom is -0.329 e. The Morgan fingerprint density at radius 1 is 1.00 bits per heavy atom. The van der Waals surface area contributed by atoms with Gasteiger partial charge in [0.15, 0.2) is 0 Å². The molecule has 2 heterocycles. The Morgan fingerprint density at radius 3 is 2.44 bits per heavy atom. The number of hydrogen-bond donors (Lipinski definition) is 1. The van der Waals surface area contributed by atoms with Gasteiger partial charge in [0, 0.05) is 62.3 Å². The second kappa shape index (κ2) is 9.97. The van der Waals surface area contributed by atoms with E-state index in [9.17, 15) is 0 Å². The van der Waals surface area contributed by atoms with Gasteiger partial charge in [-0.2, -0.15) is 11.8 Å². The predicted molar refractivity (Wildman–Crippen MR) is 106 cm³/mol. The zero-order chi connectivity index (χ0) is 17.3. The van der Waals surface area contributed by atoms with Gasteiger partial charge in [-0.25, -0.2) is 4.98 Å². The summed E-state index contributed by atoms with van der Waals surface area (Å²) in [5.41, 5.74) is 8.22. The van der Waals surface area contributed by atoms with Crippen molar-refractivity contribution >= 4 is 11.8 Å². The summed E-state index contributed by atoms with van der Waals surface area (Å²) in [7, 11) is 0. The lowest BCUT2D eigenvalue weighted by Crippen LogP contribution is -2.34. The zero-order valence-corrected chi connectivity index (χ0v) is 15.7. The first kappa shape index (κ1) is 18.5. The van der Waals surface area contributed by atoms with Crippen molar-refractivity contribution in [3.8, 4) is 5.69 Å². The van der Waals surface area contributed by atoms with E-state index in [1.165, 1.54) is 43.9 Å². The smallest absolute Gasteiger partial charge is 0.0991 e. The van der Waals surface area contributed by atoms with E-state index in [1.54, 1.807) is 0 Å². The third-order valence-corrected chi connectivity index (χ3v) is 5.69. The standard InChI is InChI=1S/C19H29N5S/c20-6-10-22-8-1-9-23(13-12-22)14-15-25-16-18-2-4-19(5-3-18)24-11-7-21-17-24/h2-5,7,11,17H,1,6,8-10,12-16,20H2. The largest absolute Gasteiger partial charge is 0.329 e. The summed E-state index contributed by atoms with van der Waals surface area (Å²) in [6.45, 7) is 7.77. The second-order valence-corrected chi connectivity index (χ2v) is 7.62. The number of nitrogens with zero attached hydrogens (tertiary/aromatic N) is 4. The topological polar surface area (TPSA) is 50.3 Å². The summed E-state index contributed by atoms with van der Waals surface area (Å²) in [4.78, 5) is 9.19. The molecule has 1 fully saturated rings. The highest BCUT2D eigenvalue weighted by Crippen LogP contribution is 2.15. The Labute approximate surface area is 155 Å². The van der Waals surface area contributed by atoms with E-state index in [2.05, 4.69) is 39.0 Å².